The first-order valence-electron chi connectivity index (χ1n) is 9.55. The molecule has 0 aromatic heterocycles. The van der Waals surface area contributed by atoms with Crippen molar-refractivity contribution in [2.45, 2.75) is 19.8 Å². The number of nitro groups is 1. The minimum atomic E-state index is -0.841. The van der Waals surface area contributed by atoms with Gasteiger partial charge in [0.15, 0.2) is 6.61 Å². The van der Waals surface area contributed by atoms with Crippen molar-refractivity contribution in [3.05, 3.63) is 38.9 Å². The van der Waals surface area contributed by atoms with E-state index < -0.39 is 41.5 Å². The van der Waals surface area contributed by atoms with Gasteiger partial charge >= 0.3 is 11.9 Å². The second kappa shape index (κ2) is 11.3. The van der Waals surface area contributed by atoms with E-state index in [1.807, 2.05) is 0 Å². The first kappa shape index (κ1) is 24.1. The van der Waals surface area contributed by atoms with Crippen molar-refractivity contribution in [1.82, 2.24) is 10.2 Å². The number of carbonyl (C=O) groups is 4. The van der Waals surface area contributed by atoms with Crippen molar-refractivity contribution in [3.63, 3.8) is 0 Å². The molecule has 1 saturated heterocycles. The molecule has 0 saturated carbocycles. The van der Waals surface area contributed by atoms with Crippen molar-refractivity contribution >= 4 is 41.0 Å². The van der Waals surface area contributed by atoms with E-state index in [1.165, 1.54) is 17.0 Å². The van der Waals surface area contributed by atoms with E-state index in [0.29, 0.717) is 32.5 Å². The van der Waals surface area contributed by atoms with E-state index >= 15 is 0 Å². The average molecular weight is 456 g/mol. The molecule has 0 bridgehead atoms. The first-order chi connectivity index (χ1) is 14.7. The average Bonchev–Trinajstić information content (AvgIpc) is 2.76. The van der Waals surface area contributed by atoms with Gasteiger partial charge < -0.3 is 19.7 Å². The highest BCUT2D eigenvalue weighted by molar-refractivity contribution is 6.32. The number of nitrogens with zero attached hydrogens (tertiary/aromatic N) is 2. The number of rotatable bonds is 8. The molecule has 0 aliphatic carbocycles. The minimum Gasteiger partial charge on any atom is -0.466 e. The Morgan fingerprint density at radius 3 is 2.52 bits per heavy atom. The van der Waals surface area contributed by atoms with Gasteiger partial charge in [-0.05, 0) is 31.9 Å². The van der Waals surface area contributed by atoms with Gasteiger partial charge in [-0.15, -0.1) is 0 Å². The number of benzene rings is 1. The fourth-order valence-corrected chi connectivity index (χ4v) is 3.14. The van der Waals surface area contributed by atoms with Crippen LogP contribution < -0.4 is 5.32 Å². The predicted molar refractivity (Wildman–Crippen MR) is 107 cm³/mol. The Morgan fingerprint density at radius 2 is 1.90 bits per heavy atom. The summed E-state index contributed by atoms with van der Waals surface area (Å²) in [5, 5.41) is 13.0. The zero-order valence-electron chi connectivity index (χ0n) is 16.8. The molecule has 0 radical (unpaired) electrons. The fourth-order valence-electron chi connectivity index (χ4n) is 2.96. The van der Waals surface area contributed by atoms with Crippen LogP contribution in [0.3, 0.4) is 0 Å². The molecule has 1 aliphatic heterocycles. The normalized spacial score (nSPS) is 13.9. The Hall–Kier alpha value is -3.21. The third-order valence-electron chi connectivity index (χ3n) is 4.62. The summed E-state index contributed by atoms with van der Waals surface area (Å²) < 4.78 is 9.84. The summed E-state index contributed by atoms with van der Waals surface area (Å²) >= 11 is 5.69. The van der Waals surface area contributed by atoms with Crippen LogP contribution in [0.5, 0.6) is 0 Å². The number of halogens is 1. The Bertz CT molecular complexity index is 868. The van der Waals surface area contributed by atoms with Crippen molar-refractivity contribution in [2.24, 2.45) is 5.92 Å². The van der Waals surface area contributed by atoms with Gasteiger partial charge in [-0.1, -0.05) is 11.6 Å². The SMILES string of the molecule is CCOC(=O)C1CCN(C(=O)COC(=O)CNC(=O)c2ccc(Cl)c([N+](=O)[O-])c2)CC1. The molecule has 11 nitrogen and oxygen atoms in total. The van der Waals surface area contributed by atoms with E-state index in [0.717, 1.165) is 6.07 Å². The lowest BCUT2D eigenvalue weighted by molar-refractivity contribution is -0.384. The second-order valence-corrected chi connectivity index (χ2v) is 7.08. The molecule has 2 rings (SSSR count). The predicted octanol–water partition coefficient (Wildman–Crippen LogP) is 1.32. The number of likely N-dealkylation sites (tertiary alicyclic amines) is 1. The summed E-state index contributed by atoms with van der Waals surface area (Å²) in [5.74, 6) is -2.50. The van der Waals surface area contributed by atoms with Crippen LogP contribution in [0.15, 0.2) is 18.2 Å². The van der Waals surface area contributed by atoms with E-state index in [4.69, 9.17) is 21.1 Å². The summed E-state index contributed by atoms with van der Waals surface area (Å²) in [5.41, 5.74) is -0.487. The third kappa shape index (κ3) is 6.92. The number of piperidine rings is 1. The lowest BCUT2D eigenvalue weighted by Crippen LogP contribution is -2.43. The van der Waals surface area contributed by atoms with Crippen molar-refractivity contribution in [2.75, 3.05) is 32.8 Å². The van der Waals surface area contributed by atoms with Crippen molar-refractivity contribution in [3.8, 4) is 0 Å². The number of esters is 2. The summed E-state index contributed by atoms with van der Waals surface area (Å²) in [6.07, 6.45) is 0.948. The lowest BCUT2D eigenvalue weighted by Gasteiger charge is -2.30. The molecule has 1 aliphatic rings. The third-order valence-corrected chi connectivity index (χ3v) is 4.94. The zero-order valence-corrected chi connectivity index (χ0v) is 17.6. The maximum atomic E-state index is 12.2. The van der Waals surface area contributed by atoms with Crippen LogP contribution >= 0.6 is 11.6 Å². The van der Waals surface area contributed by atoms with Crippen LogP contribution in [0.1, 0.15) is 30.1 Å². The van der Waals surface area contributed by atoms with Crippen LogP contribution in [0.4, 0.5) is 5.69 Å². The Morgan fingerprint density at radius 1 is 1.23 bits per heavy atom. The molecule has 1 aromatic rings. The van der Waals surface area contributed by atoms with Crippen LogP contribution in [0.2, 0.25) is 5.02 Å². The highest BCUT2D eigenvalue weighted by Gasteiger charge is 2.28. The van der Waals surface area contributed by atoms with Crippen LogP contribution in [-0.2, 0) is 23.9 Å². The molecule has 2 amide bonds. The number of nitrogens with one attached hydrogen (secondary N) is 1. The van der Waals surface area contributed by atoms with Gasteiger partial charge in [0, 0.05) is 24.7 Å². The zero-order chi connectivity index (χ0) is 23.0. The molecule has 168 valence electrons. The molecular weight excluding hydrogens is 434 g/mol. The van der Waals surface area contributed by atoms with E-state index in [-0.39, 0.29) is 22.5 Å². The molecule has 31 heavy (non-hydrogen) atoms. The molecule has 1 heterocycles. The van der Waals surface area contributed by atoms with E-state index in [2.05, 4.69) is 5.32 Å². The summed E-state index contributed by atoms with van der Waals surface area (Å²) in [4.78, 5) is 59.4. The maximum absolute atomic E-state index is 12.2. The number of ether oxygens (including phenoxy) is 2. The summed E-state index contributed by atoms with van der Waals surface area (Å²) in [7, 11) is 0. The monoisotopic (exact) mass is 455 g/mol. The molecule has 1 aromatic carbocycles. The van der Waals surface area contributed by atoms with Gasteiger partial charge in [0.25, 0.3) is 17.5 Å². The van der Waals surface area contributed by atoms with Crippen molar-refractivity contribution in [1.29, 1.82) is 0 Å². The highest BCUT2D eigenvalue weighted by Crippen LogP contribution is 2.25. The van der Waals surface area contributed by atoms with Crippen molar-refractivity contribution < 1.29 is 33.6 Å². The molecule has 1 fully saturated rings. The molecule has 0 atom stereocenters. The molecular formula is C19H22ClN3O8. The molecule has 0 unspecified atom stereocenters. The standard InChI is InChI=1S/C19H22ClN3O8/c1-2-30-19(27)12-5-7-22(8-6-12)16(24)11-31-17(25)10-21-18(26)13-3-4-14(20)15(9-13)23(28)29/h3-4,9,12H,2,5-8,10-11H2,1H3,(H,21,26). The molecule has 1 N–H and O–H groups in total. The number of hydrogen-bond acceptors (Lipinski definition) is 8. The Kier molecular flexibility index (Phi) is 8.74. The van der Waals surface area contributed by atoms with E-state index in [1.54, 1.807) is 6.92 Å². The first-order valence-corrected chi connectivity index (χ1v) is 9.92. The van der Waals surface area contributed by atoms with Gasteiger partial charge in [0.05, 0.1) is 17.4 Å². The smallest absolute Gasteiger partial charge is 0.325 e. The fraction of sp³-hybridized carbons (Fsp3) is 0.474. The van der Waals surface area contributed by atoms with Crippen LogP contribution in [0, 0.1) is 16.0 Å². The van der Waals surface area contributed by atoms with Gasteiger partial charge in [-0.25, -0.2) is 0 Å². The maximum Gasteiger partial charge on any atom is 0.325 e. The van der Waals surface area contributed by atoms with Gasteiger partial charge in [0.1, 0.15) is 11.6 Å². The van der Waals surface area contributed by atoms with Gasteiger partial charge in [-0.2, -0.15) is 0 Å². The van der Waals surface area contributed by atoms with Gasteiger partial charge in [-0.3, -0.25) is 29.3 Å². The number of nitro benzene ring substituents is 1. The van der Waals surface area contributed by atoms with E-state index in [9.17, 15) is 29.3 Å². The second-order valence-electron chi connectivity index (χ2n) is 6.67. The largest absolute Gasteiger partial charge is 0.466 e. The quantitative estimate of drug-likeness (QED) is 0.351. The topological polar surface area (TPSA) is 145 Å². The summed E-state index contributed by atoms with van der Waals surface area (Å²) in [6.45, 7) is 1.72. The summed E-state index contributed by atoms with van der Waals surface area (Å²) in [6, 6.07) is 3.47. The van der Waals surface area contributed by atoms with Crippen LogP contribution in [0.25, 0.3) is 0 Å². The van der Waals surface area contributed by atoms with Crippen LogP contribution in [-0.4, -0.2) is 66.4 Å². The number of amides is 2. The Balaban J connectivity index is 1.74. The molecule has 12 heteroatoms. The number of carbonyl (C=O) groups excluding carboxylic acids is 4. The minimum absolute atomic E-state index is 0.0514. The lowest BCUT2D eigenvalue weighted by atomic mass is 9.97. The van der Waals surface area contributed by atoms with Gasteiger partial charge in [0.2, 0.25) is 0 Å². The number of hydrogen-bond donors (Lipinski definition) is 1. The Labute approximate surface area is 182 Å². The molecule has 0 spiro atoms. The highest BCUT2D eigenvalue weighted by atomic mass is 35.5.